The number of allylic oxidation sites excluding steroid dienone is 5. The first-order chi connectivity index (χ1) is 35.8. The zero-order valence-electron chi connectivity index (χ0n) is 44.6. The Morgan fingerprint density at radius 1 is 0.473 bits per heavy atom. The van der Waals surface area contributed by atoms with Gasteiger partial charge in [-0.2, -0.15) is 0 Å². The van der Waals surface area contributed by atoms with Gasteiger partial charge in [0.1, 0.15) is 73.2 Å². The monoisotopic (exact) mass is 1060 g/mol. The van der Waals surface area contributed by atoms with Crippen LogP contribution in [-0.2, 0) is 33.2 Å². The maximum Gasteiger partial charge on any atom is 0.220 e. The van der Waals surface area contributed by atoms with E-state index in [2.05, 4.69) is 43.5 Å². The topological polar surface area (TPSA) is 307 Å². The first-order valence-corrected chi connectivity index (χ1v) is 28.2. The van der Waals surface area contributed by atoms with Crippen molar-refractivity contribution in [2.24, 2.45) is 0 Å². The number of amides is 1. The summed E-state index contributed by atoms with van der Waals surface area (Å²) in [5.41, 5.74) is 0. The summed E-state index contributed by atoms with van der Waals surface area (Å²) in [5, 5.41) is 120. The smallest absolute Gasteiger partial charge is 0.220 e. The Morgan fingerprint density at radius 3 is 1.36 bits per heavy atom. The Hall–Kier alpha value is -1.99. The van der Waals surface area contributed by atoms with Gasteiger partial charge in [0.25, 0.3) is 0 Å². The molecule has 0 saturated carbocycles. The predicted octanol–water partition coefficient (Wildman–Crippen LogP) is 3.76. The van der Waals surface area contributed by atoms with E-state index in [0.717, 1.165) is 51.4 Å². The van der Waals surface area contributed by atoms with E-state index >= 15 is 0 Å². The number of carbonyl (C=O) groups excluding carboxylic acids is 1. The second-order valence-corrected chi connectivity index (χ2v) is 20.4. The van der Waals surface area contributed by atoms with Crippen LogP contribution in [0.5, 0.6) is 0 Å². The van der Waals surface area contributed by atoms with Gasteiger partial charge in [-0.1, -0.05) is 147 Å². The molecular weight excluding hydrogens is 963 g/mol. The maximum atomic E-state index is 13.3. The minimum absolute atomic E-state index is 0.233. The maximum absolute atomic E-state index is 13.3. The highest BCUT2D eigenvalue weighted by Gasteiger charge is 2.53. The van der Waals surface area contributed by atoms with Gasteiger partial charge in [0.05, 0.1) is 38.6 Å². The molecule has 17 atom stereocenters. The van der Waals surface area contributed by atoms with Gasteiger partial charge < -0.3 is 89.9 Å². The molecule has 17 unspecified atom stereocenters. The highest BCUT2D eigenvalue weighted by molar-refractivity contribution is 5.76. The highest BCUT2D eigenvalue weighted by Crippen LogP contribution is 2.33. The summed E-state index contributed by atoms with van der Waals surface area (Å²) in [6.07, 6.45) is 12.9. The van der Waals surface area contributed by atoms with Crippen molar-refractivity contribution in [3.63, 3.8) is 0 Å². The standard InChI is InChI=1S/C55H99NO18/c1-3-5-7-9-11-13-15-16-17-18-19-20-21-22-23-25-27-29-31-33-43(61)56-38(39(60)32-30-28-26-24-14-12-10-8-6-4-2)37-69-53-49(67)46(64)51(41(35-58)71-53)74-55-50(68)47(65)52(42(36-59)72-55)73-54-48(66)45(63)44(62)40(34-57)70-54/h14,16-17,24,30,32,38-42,44-55,57-60,62-68H,3-13,15,18-23,25-29,31,33-37H2,1-2H3,(H,56,61)/b17-16-,24-14+,32-30+. The molecule has 3 saturated heterocycles. The largest absolute Gasteiger partial charge is 0.394 e. The quantitative estimate of drug-likeness (QED) is 0.0307. The van der Waals surface area contributed by atoms with Crippen LogP contribution >= 0.6 is 0 Å². The van der Waals surface area contributed by atoms with Crippen LogP contribution in [0.25, 0.3) is 0 Å². The van der Waals surface area contributed by atoms with Crippen molar-refractivity contribution in [3.8, 4) is 0 Å². The van der Waals surface area contributed by atoms with Crippen molar-refractivity contribution in [3.05, 3.63) is 36.5 Å². The number of nitrogens with one attached hydrogen (secondary N) is 1. The van der Waals surface area contributed by atoms with Gasteiger partial charge in [-0.3, -0.25) is 4.79 Å². The molecule has 0 bridgehead atoms. The molecule has 74 heavy (non-hydrogen) atoms. The van der Waals surface area contributed by atoms with Crippen LogP contribution in [0.15, 0.2) is 36.5 Å². The van der Waals surface area contributed by atoms with Gasteiger partial charge in [-0.05, 0) is 57.8 Å². The lowest BCUT2D eigenvalue weighted by molar-refractivity contribution is -0.379. The van der Waals surface area contributed by atoms with E-state index in [1.165, 1.54) is 89.9 Å². The molecule has 3 heterocycles. The van der Waals surface area contributed by atoms with E-state index in [0.29, 0.717) is 12.8 Å². The van der Waals surface area contributed by atoms with Crippen LogP contribution in [0.1, 0.15) is 174 Å². The molecular formula is C55H99NO18. The Bertz CT molecular complexity index is 1500. The van der Waals surface area contributed by atoms with Crippen molar-refractivity contribution >= 4 is 5.91 Å². The van der Waals surface area contributed by atoms with Crippen molar-refractivity contribution in [1.82, 2.24) is 5.32 Å². The SMILES string of the molecule is CCCCCC/C=C/CC/C=C/C(O)C(COC1OC(CO)C(OC2OC(CO)C(OC3OC(CO)C(O)C(O)C3O)C(O)C2O)C(O)C1O)NC(=O)CCCCCCCCCCC/C=C\CCCCCCCC. The van der Waals surface area contributed by atoms with E-state index in [9.17, 15) is 61.0 Å². The summed E-state index contributed by atoms with van der Waals surface area (Å²) in [4.78, 5) is 13.3. The average Bonchev–Trinajstić information content (AvgIpc) is 3.40. The summed E-state index contributed by atoms with van der Waals surface area (Å²) in [6, 6.07) is -0.987. The molecule has 0 aliphatic carbocycles. The number of unbranched alkanes of at least 4 members (excludes halogenated alkanes) is 20. The van der Waals surface area contributed by atoms with E-state index in [4.69, 9.17) is 28.4 Å². The van der Waals surface area contributed by atoms with Crippen molar-refractivity contribution in [2.45, 2.75) is 279 Å². The minimum atomic E-state index is -1.98. The molecule has 0 aromatic rings. The zero-order chi connectivity index (χ0) is 54.1. The Labute approximate surface area is 440 Å². The first-order valence-electron chi connectivity index (χ1n) is 28.2. The van der Waals surface area contributed by atoms with Crippen LogP contribution in [0.4, 0.5) is 0 Å². The molecule has 19 nitrogen and oxygen atoms in total. The molecule has 19 heteroatoms. The van der Waals surface area contributed by atoms with E-state index < -0.39 is 124 Å². The molecule has 3 aliphatic heterocycles. The van der Waals surface area contributed by atoms with Gasteiger partial charge in [0.2, 0.25) is 5.91 Å². The highest BCUT2D eigenvalue weighted by atomic mass is 16.8. The van der Waals surface area contributed by atoms with Gasteiger partial charge in [0.15, 0.2) is 18.9 Å². The Balaban J connectivity index is 1.50. The normalized spacial score (nSPS) is 31.7. The third-order valence-electron chi connectivity index (χ3n) is 14.2. The lowest BCUT2D eigenvalue weighted by Crippen LogP contribution is -2.66. The van der Waals surface area contributed by atoms with Crippen molar-refractivity contribution < 1.29 is 89.4 Å². The van der Waals surface area contributed by atoms with E-state index in [1.807, 2.05) is 6.08 Å². The number of hydrogen-bond donors (Lipinski definition) is 12. The van der Waals surface area contributed by atoms with Gasteiger partial charge in [0, 0.05) is 6.42 Å². The number of rotatable bonds is 40. The molecule has 12 N–H and O–H groups in total. The fourth-order valence-corrected chi connectivity index (χ4v) is 9.43. The number of carbonyl (C=O) groups is 1. The van der Waals surface area contributed by atoms with Crippen LogP contribution in [0.3, 0.4) is 0 Å². The Kier molecular flexibility index (Phi) is 35.3. The average molecular weight is 1060 g/mol. The lowest BCUT2D eigenvalue weighted by atomic mass is 9.96. The summed E-state index contributed by atoms with van der Waals surface area (Å²) in [6.45, 7) is 1.63. The molecule has 3 rings (SSSR count). The summed E-state index contributed by atoms with van der Waals surface area (Å²) in [5.74, 6) is -0.292. The van der Waals surface area contributed by atoms with E-state index in [-0.39, 0.29) is 18.9 Å². The predicted molar refractivity (Wildman–Crippen MR) is 277 cm³/mol. The molecule has 3 aliphatic rings. The molecule has 432 valence electrons. The number of aliphatic hydroxyl groups is 11. The number of aliphatic hydroxyl groups excluding tert-OH is 11. The van der Waals surface area contributed by atoms with Crippen LogP contribution in [0, 0.1) is 0 Å². The number of hydrogen-bond acceptors (Lipinski definition) is 18. The van der Waals surface area contributed by atoms with Crippen molar-refractivity contribution in [2.75, 3.05) is 26.4 Å². The summed E-state index contributed by atoms with van der Waals surface area (Å²) >= 11 is 0. The molecule has 0 aromatic heterocycles. The molecule has 0 aromatic carbocycles. The van der Waals surface area contributed by atoms with Gasteiger partial charge in [-0.25, -0.2) is 0 Å². The third-order valence-corrected chi connectivity index (χ3v) is 14.2. The van der Waals surface area contributed by atoms with Crippen LogP contribution in [-0.4, -0.2) is 193 Å². The fraction of sp³-hybridized carbons (Fsp3) is 0.873. The first kappa shape index (κ1) is 66.3. The Morgan fingerprint density at radius 2 is 0.865 bits per heavy atom. The van der Waals surface area contributed by atoms with E-state index in [1.54, 1.807) is 6.08 Å². The van der Waals surface area contributed by atoms with Crippen LogP contribution in [0.2, 0.25) is 0 Å². The second kappa shape index (κ2) is 39.4. The second-order valence-electron chi connectivity index (χ2n) is 20.4. The van der Waals surface area contributed by atoms with Crippen molar-refractivity contribution in [1.29, 1.82) is 0 Å². The fourth-order valence-electron chi connectivity index (χ4n) is 9.43. The molecule has 0 spiro atoms. The van der Waals surface area contributed by atoms with Crippen LogP contribution < -0.4 is 5.32 Å². The van der Waals surface area contributed by atoms with Gasteiger partial charge >= 0.3 is 0 Å². The van der Waals surface area contributed by atoms with Gasteiger partial charge in [-0.15, -0.1) is 0 Å². The molecule has 3 fully saturated rings. The zero-order valence-corrected chi connectivity index (χ0v) is 44.6. The lowest BCUT2D eigenvalue weighted by Gasteiger charge is -2.48. The number of ether oxygens (including phenoxy) is 6. The summed E-state index contributed by atoms with van der Waals surface area (Å²) in [7, 11) is 0. The molecule has 1 amide bonds. The summed E-state index contributed by atoms with van der Waals surface area (Å²) < 4.78 is 34.1. The minimum Gasteiger partial charge on any atom is -0.394 e. The molecule has 0 radical (unpaired) electrons. The third kappa shape index (κ3) is 23.9.